The molecule has 0 aromatic rings. The topological polar surface area (TPSA) is 24.5 Å². The van der Waals surface area contributed by atoms with Gasteiger partial charge in [0.15, 0.2) is 0 Å². The van der Waals surface area contributed by atoms with Gasteiger partial charge in [-0.15, -0.1) is 0 Å². The lowest BCUT2D eigenvalue weighted by Gasteiger charge is -2.22. The van der Waals surface area contributed by atoms with Crippen LogP contribution in [0.15, 0.2) is 0 Å². The van der Waals surface area contributed by atoms with Gasteiger partial charge in [0.25, 0.3) is 0 Å². The Morgan fingerprint density at radius 1 is 1.27 bits per heavy atom. The molecule has 0 spiro atoms. The Labute approximate surface area is 95.2 Å². The summed E-state index contributed by atoms with van der Waals surface area (Å²) in [6.07, 6.45) is 1.47. The van der Waals surface area contributed by atoms with E-state index < -0.39 is 0 Å². The van der Waals surface area contributed by atoms with Crippen LogP contribution in [-0.2, 0) is 4.74 Å². The molecule has 0 aliphatic carbocycles. The predicted molar refractivity (Wildman–Crippen MR) is 66.3 cm³/mol. The molecule has 1 N–H and O–H groups in total. The molecule has 0 bridgehead atoms. The maximum absolute atomic E-state index is 5.87. The highest BCUT2D eigenvalue weighted by Crippen LogP contribution is 2.06. The number of hydrogen-bond acceptors (Lipinski definition) is 3. The van der Waals surface area contributed by atoms with Crippen molar-refractivity contribution in [2.75, 3.05) is 40.3 Å². The second kappa shape index (κ2) is 9.13. The fraction of sp³-hybridized carbons (Fsp3) is 1.00. The van der Waals surface area contributed by atoms with Gasteiger partial charge in [-0.1, -0.05) is 20.8 Å². The first-order valence-electron chi connectivity index (χ1n) is 6.05. The van der Waals surface area contributed by atoms with Crippen LogP contribution in [0.4, 0.5) is 0 Å². The molecular formula is C12H28N2O. The molecule has 0 amide bonds. The first-order chi connectivity index (χ1) is 7.07. The molecule has 92 valence electrons. The molecule has 0 radical (unpaired) electrons. The molecule has 3 heteroatoms. The van der Waals surface area contributed by atoms with Crippen LogP contribution in [0.25, 0.3) is 0 Å². The molecule has 0 rings (SSSR count). The quantitative estimate of drug-likeness (QED) is 0.592. The van der Waals surface area contributed by atoms with Crippen LogP contribution >= 0.6 is 0 Å². The minimum absolute atomic E-state index is 0.354. The number of ether oxygens (including phenoxy) is 1. The van der Waals surface area contributed by atoms with E-state index in [1.807, 2.05) is 0 Å². The van der Waals surface area contributed by atoms with Gasteiger partial charge in [0.05, 0.1) is 6.10 Å². The molecule has 0 saturated heterocycles. The maximum Gasteiger partial charge on any atom is 0.0722 e. The molecule has 0 heterocycles. The molecule has 0 saturated carbocycles. The Morgan fingerprint density at radius 2 is 1.93 bits per heavy atom. The van der Waals surface area contributed by atoms with Crippen LogP contribution < -0.4 is 5.32 Å². The number of rotatable bonds is 9. The van der Waals surface area contributed by atoms with Gasteiger partial charge in [0.2, 0.25) is 0 Å². The predicted octanol–water partition coefficient (Wildman–Crippen LogP) is 1.59. The van der Waals surface area contributed by atoms with E-state index in [-0.39, 0.29) is 0 Å². The number of nitrogens with zero attached hydrogens (tertiary/aromatic N) is 1. The highest BCUT2D eigenvalue weighted by molar-refractivity contribution is 4.65. The molecule has 0 aliphatic rings. The molecule has 0 aromatic carbocycles. The van der Waals surface area contributed by atoms with Crippen molar-refractivity contribution in [3.63, 3.8) is 0 Å². The molecule has 1 unspecified atom stereocenters. The third-order valence-corrected chi connectivity index (χ3v) is 2.42. The van der Waals surface area contributed by atoms with Crippen LogP contribution in [0.3, 0.4) is 0 Å². The molecule has 0 aromatic heterocycles. The summed E-state index contributed by atoms with van der Waals surface area (Å²) < 4.78 is 5.87. The second-order valence-electron chi connectivity index (χ2n) is 4.62. The lowest BCUT2D eigenvalue weighted by molar-refractivity contribution is 0.0199. The zero-order valence-electron chi connectivity index (χ0n) is 11.0. The number of likely N-dealkylation sites (N-methyl/N-ethyl adjacent to an activating group) is 1. The summed E-state index contributed by atoms with van der Waals surface area (Å²) in [5.41, 5.74) is 0. The van der Waals surface area contributed by atoms with Crippen LogP contribution in [0.2, 0.25) is 0 Å². The van der Waals surface area contributed by atoms with E-state index in [1.165, 1.54) is 0 Å². The van der Waals surface area contributed by atoms with E-state index in [4.69, 9.17) is 4.74 Å². The Morgan fingerprint density at radius 3 is 2.40 bits per heavy atom. The third-order valence-electron chi connectivity index (χ3n) is 2.42. The monoisotopic (exact) mass is 216 g/mol. The van der Waals surface area contributed by atoms with Crippen molar-refractivity contribution in [2.24, 2.45) is 5.92 Å². The van der Waals surface area contributed by atoms with Gasteiger partial charge in [-0.25, -0.2) is 0 Å². The van der Waals surface area contributed by atoms with Crippen LogP contribution in [0, 0.1) is 5.92 Å². The van der Waals surface area contributed by atoms with Gasteiger partial charge >= 0.3 is 0 Å². The van der Waals surface area contributed by atoms with Crippen molar-refractivity contribution >= 4 is 0 Å². The van der Waals surface area contributed by atoms with E-state index in [9.17, 15) is 0 Å². The highest BCUT2D eigenvalue weighted by Gasteiger charge is 2.12. The molecule has 3 nitrogen and oxygen atoms in total. The fourth-order valence-electron chi connectivity index (χ4n) is 1.39. The van der Waals surface area contributed by atoms with E-state index >= 15 is 0 Å². The van der Waals surface area contributed by atoms with Crippen molar-refractivity contribution in [2.45, 2.75) is 33.3 Å². The molecule has 1 atom stereocenters. The van der Waals surface area contributed by atoms with Gasteiger partial charge in [-0.3, -0.25) is 0 Å². The molecule has 0 aliphatic heterocycles. The summed E-state index contributed by atoms with van der Waals surface area (Å²) in [5, 5.41) is 3.34. The SMILES string of the molecule is CCNCC(OCCCN(C)C)C(C)C. The lowest BCUT2D eigenvalue weighted by Crippen LogP contribution is -2.33. The smallest absolute Gasteiger partial charge is 0.0722 e. The van der Waals surface area contributed by atoms with E-state index in [1.54, 1.807) is 0 Å². The highest BCUT2D eigenvalue weighted by atomic mass is 16.5. The second-order valence-corrected chi connectivity index (χ2v) is 4.62. The summed E-state index contributed by atoms with van der Waals surface area (Å²) in [7, 11) is 4.19. The minimum atomic E-state index is 0.354. The van der Waals surface area contributed by atoms with Gasteiger partial charge in [-0.05, 0) is 39.5 Å². The fourth-order valence-corrected chi connectivity index (χ4v) is 1.39. The average Bonchev–Trinajstić information content (AvgIpc) is 2.15. The van der Waals surface area contributed by atoms with Crippen molar-refractivity contribution < 1.29 is 4.74 Å². The normalized spacial score (nSPS) is 13.8. The minimum Gasteiger partial charge on any atom is -0.377 e. The Kier molecular flexibility index (Phi) is 9.06. The molecule has 0 fully saturated rings. The van der Waals surface area contributed by atoms with E-state index in [0.717, 1.165) is 32.7 Å². The van der Waals surface area contributed by atoms with Crippen molar-refractivity contribution in [1.82, 2.24) is 10.2 Å². The van der Waals surface area contributed by atoms with Gasteiger partial charge in [0.1, 0.15) is 0 Å². The van der Waals surface area contributed by atoms with E-state index in [2.05, 4.69) is 45.1 Å². The Bertz CT molecular complexity index is 138. The lowest BCUT2D eigenvalue weighted by atomic mass is 10.1. The Hall–Kier alpha value is -0.120. The zero-order chi connectivity index (χ0) is 11.7. The van der Waals surface area contributed by atoms with Crippen LogP contribution in [-0.4, -0.2) is 51.3 Å². The van der Waals surface area contributed by atoms with Crippen molar-refractivity contribution in [3.8, 4) is 0 Å². The number of hydrogen-bond donors (Lipinski definition) is 1. The van der Waals surface area contributed by atoms with Gasteiger partial charge in [-0.2, -0.15) is 0 Å². The third kappa shape index (κ3) is 8.85. The first kappa shape index (κ1) is 14.9. The first-order valence-corrected chi connectivity index (χ1v) is 6.05. The van der Waals surface area contributed by atoms with Crippen molar-refractivity contribution in [1.29, 1.82) is 0 Å². The largest absolute Gasteiger partial charge is 0.377 e. The van der Waals surface area contributed by atoms with Gasteiger partial charge in [0, 0.05) is 13.2 Å². The molecule has 15 heavy (non-hydrogen) atoms. The molecular weight excluding hydrogens is 188 g/mol. The van der Waals surface area contributed by atoms with Gasteiger partial charge < -0.3 is 15.0 Å². The van der Waals surface area contributed by atoms with E-state index in [0.29, 0.717) is 12.0 Å². The number of nitrogens with one attached hydrogen (secondary N) is 1. The summed E-state index contributed by atoms with van der Waals surface area (Å²) in [6, 6.07) is 0. The summed E-state index contributed by atoms with van der Waals surface area (Å²) >= 11 is 0. The summed E-state index contributed by atoms with van der Waals surface area (Å²) in [5.74, 6) is 0.586. The van der Waals surface area contributed by atoms with Crippen molar-refractivity contribution in [3.05, 3.63) is 0 Å². The summed E-state index contributed by atoms with van der Waals surface area (Å²) in [4.78, 5) is 2.19. The Balaban J connectivity index is 3.57. The maximum atomic E-state index is 5.87. The zero-order valence-corrected chi connectivity index (χ0v) is 11.0. The van der Waals surface area contributed by atoms with Crippen LogP contribution in [0.5, 0.6) is 0 Å². The standard InChI is InChI=1S/C12H28N2O/c1-6-13-10-12(11(2)3)15-9-7-8-14(4)5/h11-13H,6-10H2,1-5H3. The summed E-state index contributed by atoms with van der Waals surface area (Å²) in [6.45, 7) is 10.5. The van der Waals surface area contributed by atoms with Crippen LogP contribution in [0.1, 0.15) is 27.2 Å². The average molecular weight is 216 g/mol.